The Hall–Kier alpha value is -1.20. The molecule has 0 amide bonds. The van der Waals surface area contributed by atoms with E-state index in [1.807, 2.05) is 0 Å². The predicted octanol–water partition coefficient (Wildman–Crippen LogP) is 0.718. The van der Waals surface area contributed by atoms with Gasteiger partial charge in [-0.3, -0.25) is 4.98 Å². The summed E-state index contributed by atoms with van der Waals surface area (Å²) in [5.41, 5.74) is 4.37. The van der Waals surface area contributed by atoms with Crippen molar-refractivity contribution in [3.63, 3.8) is 0 Å². The number of nitrogen functional groups attached to an aromatic ring is 1. The van der Waals surface area contributed by atoms with Gasteiger partial charge in [0.15, 0.2) is 0 Å². The highest BCUT2D eigenvalue weighted by atomic mass is 19.4. The highest BCUT2D eigenvalue weighted by molar-refractivity contribution is 6.73. The number of anilines is 1. The second-order valence-electron chi connectivity index (χ2n) is 2.13. The summed E-state index contributed by atoms with van der Waals surface area (Å²) in [4.78, 5) is 3.32. The zero-order valence-corrected chi connectivity index (χ0v) is 5.47. The Labute approximate surface area is 61.3 Å². The van der Waals surface area contributed by atoms with Gasteiger partial charge in [-0.1, -0.05) is 11.5 Å². The van der Waals surface area contributed by atoms with Gasteiger partial charge in [0.05, 0.1) is 0 Å². The molecule has 0 saturated carbocycles. The third kappa shape index (κ3) is 1.86. The second-order valence-corrected chi connectivity index (χ2v) is 2.13. The average molecular weight is 161 g/mol. The summed E-state index contributed by atoms with van der Waals surface area (Å²) in [5, 5.41) is 0. The van der Waals surface area contributed by atoms with Crippen molar-refractivity contribution in [3.8, 4) is 0 Å². The van der Waals surface area contributed by atoms with Crippen molar-refractivity contribution in [3.05, 3.63) is 18.5 Å². The van der Waals surface area contributed by atoms with E-state index in [2.05, 4.69) is 4.98 Å². The lowest BCUT2D eigenvalue weighted by Gasteiger charge is -2.13. The first-order valence-corrected chi connectivity index (χ1v) is 2.90. The van der Waals surface area contributed by atoms with Crippen molar-refractivity contribution in [1.29, 1.82) is 0 Å². The standard InChI is InChI=1S/C5H5BF3N2/c7-6(8,9)4-1-5(10)3-11-2-4/h1-3H,10H2/q-1. The van der Waals surface area contributed by atoms with E-state index >= 15 is 0 Å². The molecule has 6 heteroatoms. The molecule has 0 aromatic carbocycles. The number of hydrogen-bond donors (Lipinski definition) is 1. The fourth-order valence-electron chi connectivity index (χ4n) is 0.655. The Balaban J connectivity index is 3.06. The fraction of sp³-hybridized carbons (Fsp3) is 0. The molecule has 2 N–H and O–H groups in total. The van der Waals surface area contributed by atoms with E-state index in [4.69, 9.17) is 5.73 Å². The molecule has 0 aliphatic heterocycles. The van der Waals surface area contributed by atoms with Gasteiger partial charge in [-0.05, 0) is 0 Å². The number of pyridine rings is 1. The molecule has 60 valence electrons. The van der Waals surface area contributed by atoms with Crippen LogP contribution in [0.2, 0.25) is 0 Å². The van der Waals surface area contributed by atoms with Gasteiger partial charge < -0.3 is 18.7 Å². The van der Waals surface area contributed by atoms with Crippen LogP contribution in [0.3, 0.4) is 0 Å². The van der Waals surface area contributed by atoms with E-state index in [9.17, 15) is 12.9 Å². The summed E-state index contributed by atoms with van der Waals surface area (Å²) in [6.07, 6.45) is 1.93. The van der Waals surface area contributed by atoms with Crippen LogP contribution in [0.25, 0.3) is 0 Å². The maximum absolute atomic E-state index is 11.9. The minimum Gasteiger partial charge on any atom is -0.445 e. The monoisotopic (exact) mass is 161 g/mol. The van der Waals surface area contributed by atoms with Crippen LogP contribution in [0.1, 0.15) is 0 Å². The van der Waals surface area contributed by atoms with Crippen LogP contribution in [-0.2, 0) is 0 Å². The van der Waals surface area contributed by atoms with Gasteiger partial charge in [0, 0.05) is 18.1 Å². The third-order valence-electron chi connectivity index (χ3n) is 1.16. The van der Waals surface area contributed by atoms with Gasteiger partial charge in [0.2, 0.25) is 0 Å². The van der Waals surface area contributed by atoms with Gasteiger partial charge in [0.25, 0.3) is 0 Å². The first kappa shape index (κ1) is 7.91. The number of halogens is 3. The Bertz CT molecular complexity index is 260. The van der Waals surface area contributed by atoms with Gasteiger partial charge in [-0.15, -0.1) is 0 Å². The van der Waals surface area contributed by atoms with E-state index in [1.54, 1.807) is 0 Å². The molecule has 0 aliphatic rings. The topological polar surface area (TPSA) is 38.9 Å². The zero-order valence-electron chi connectivity index (χ0n) is 5.47. The normalized spacial score (nSPS) is 11.5. The van der Waals surface area contributed by atoms with Crippen LogP contribution in [0.5, 0.6) is 0 Å². The summed E-state index contributed by atoms with van der Waals surface area (Å²) in [6.45, 7) is -4.97. The van der Waals surface area contributed by atoms with Crippen molar-refractivity contribution in [1.82, 2.24) is 4.98 Å². The molecule has 0 fully saturated rings. The lowest BCUT2D eigenvalue weighted by molar-refractivity contribution is 0.501. The van der Waals surface area contributed by atoms with Gasteiger partial charge in [-0.25, -0.2) is 0 Å². The summed E-state index contributed by atoms with van der Waals surface area (Å²) >= 11 is 0. The third-order valence-corrected chi connectivity index (χ3v) is 1.16. The fourth-order valence-corrected chi connectivity index (χ4v) is 0.655. The molecule has 11 heavy (non-hydrogen) atoms. The molecule has 0 aliphatic carbocycles. The molecule has 0 unspecified atom stereocenters. The minimum absolute atomic E-state index is 0.0294. The van der Waals surface area contributed by atoms with Crippen molar-refractivity contribution < 1.29 is 12.9 Å². The van der Waals surface area contributed by atoms with E-state index in [0.717, 1.165) is 12.3 Å². The van der Waals surface area contributed by atoms with Gasteiger partial charge in [-0.2, -0.15) is 0 Å². The maximum atomic E-state index is 11.9. The minimum atomic E-state index is -4.97. The second kappa shape index (κ2) is 2.45. The molecule has 0 saturated heterocycles. The Morgan fingerprint density at radius 1 is 1.27 bits per heavy atom. The van der Waals surface area contributed by atoms with E-state index in [1.165, 1.54) is 6.20 Å². The van der Waals surface area contributed by atoms with Crippen LogP contribution in [0.4, 0.5) is 18.6 Å². The molecule has 0 atom stereocenters. The van der Waals surface area contributed by atoms with Crippen LogP contribution in [0.15, 0.2) is 18.5 Å². The Morgan fingerprint density at radius 2 is 1.91 bits per heavy atom. The average Bonchev–Trinajstić information content (AvgIpc) is 1.86. The molecule has 1 aromatic rings. The lowest BCUT2D eigenvalue weighted by Crippen LogP contribution is -2.34. The van der Waals surface area contributed by atoms with Crippen LogP contribution < -0.4 is 11.2 Å². The first-order chi connectivity index (χ1) is 5.00. The zero-order chi connectivity index (χ0) is 8.48. The SMILES string of the molecule is Nc1cncc([B-](F)(F)F)c1. The molecule has 0 bridgehead atoms. The number of rotatable bonds is 1. The first-order valence-electron chi connectivity index (χ1n) is 2.90. The molecule has 2 nitrogen and oxygen atoms in total. The molecule has 0 radical (unpaired) electrons. The largest absolute Gasteiger partial charge is 0.511 e. The predicted molar refractivity (Wildman–Crippen MR) is 37.4 cm³/mol. The van der Waals surface area contributed by atoms with E-state index < -0.39 is 12.4 Å². The molecular formula is C5H5BF3N2-. The van der Waals surface area contributed by atoms with Crippen molar-refractivity contribution in [2.45, 2.75) is 0 Å². The number of nitrogens with two attached hydrogens (primary N) is 1. The highest BCUT2D eigenvalue weighted by Crippen LogP contribution is 2.09. The van der Waals surface area contributed by atoms with Crippen molar-refractivity contribution in [2.24, 2.45) is 0 Å². The van der Waals surface area contributed by atoms with Crippen molar-refractivity contribution in [2.75, 3.05) is 5.73 Å². The van der Waals surface area contributed by atoms with E-state index in [0.29, 0.717) is 0 Å². The van der Waals surface area contributed by atoms with Crippen LogP contribution in [0, 0.1) is 0 Å². The smallest absolute Gasteiger partial charge is 0.445 e. The maximum Gasteiger partial charge on any atom is 0.511 e. The molecule has 1 rings (SSSR count). The molecule has 1 aromatic heterocycles. The number of nitrogens with zero attached hydrogens (tertiary/aromatic N) is 1. The van der Waals surface area contributed by atoms with Crippen LogP contribution in [-0.4, -0.2) is 12.0 Å². The molecular weight excluding hydrogens is 156 g/mol. The molecule has 1 heterocycles. The lowest BCUT2D eigenvalue weighted by atomic mass is 9.81. The Morgan fingerprint density at radius 3 is 2.27 bits per heavy atom. The number of hydrogen-bond acceptors (Lipinski definition) is 2. The number of aromatic nitrogens is 1. The van der Waals surface area contributed by atoms with E-state index in [-0.39, 0.29) is 5.69 Å². The summed E-state index contributed by atoms with van der Waals surface area (Å²) in [6, 6.07) is 0.868. The van der Waals surface area contributed by atoms with Gasteiger partial charge >= 0.3 is 6.98 Å². The summed E-state index contributed by atoms with van der Waals surface area (Å²) in [5.74, 6) is 0. The van der Waals surface area contributed by atoms with Gasteiger partial charge in [0.1, 0.15) is 0 Å². The quantitative estimate of drug-likeness (QED) is 0.616. The summed E-state index contributed by atoms with van der Waals surface area (Å²) in [7, 11) is 0. The summed E-state index contributed by atoms with van der Waals surface area (Å²) < 4.78 is 35.8. The van der Waals surface area contributed by atoms with Crippen LogP contribution >= 0.6 is 0 Å². The highest BCUT2D eigenvalue weighted by Gasteiger charge is 2.25. The molecule has 0 spiro atoms. The Kier molecular flexibility index (Phi) is 1.76. The van der Waals surface area contributed by atoms with Crippen molar-refractivity contribution >= 4 is 18.1 Å².